The number of carboxylic acid groups (broad SMARTS) is 1. The molecular formula is C41H60N2O4S. The second-order valence-electron chi connectivity index (χ2n) is 18.3. The van der Waals surface area contributed by atoms with Crippen molar-refractivity contribution in [1.29, 1.82) is 0 Å². The van der Waals surface area contributed by atoms with E-state index in [-0.39, 0.29) is 32.4 Å². The van der Waals surface area contributed by atoms with Crippen molar-refractivity contribution in [2.75, 3.05) is 13.1 Å². The SMILES string of the molecule is C=C(C)[C@@H]1CC[C@]2(NCCNS(=O)(=O)C3CC3)CC[C@]3(C)[C@H](CCC4[C@@]5(C)CC=C(c6ccc(C(=O)O)cc6)C(C)(C)C5CC[C@]43C)C12. The molecule has 0 radical (unpaired) electrons. The molecule has 0 aromatic heterocycles. The smallest absolute Gasteiger partial charge is 0.335 e. The molecule has 6 aliphatic rings. The van der Waals surface area contributed by atoms with Crippen LogP contribution in [0.3, 0.4) is 0 Å². The summed E-state index contributed by atoms with van der Waals surface area (Å²) in [7, 11) is -3.17. The average molecular weight is 677 g/mol. The molecule has 5 saturated carbocycles. The summed E-state index contributed by atoms with van der Waals surface area (Å²) in [5, 5.41) is 13.3. The maximum atomic E-state index is 12.5. The summed E-state index contributed by atoms with van der Waals surface area (Å²) < 4.78 is 28.0. The standard InChI is InChI=1S/C41H60N2O4S/c1-26(2)30-16-21-41(42-24-25-43-48(46,47)29-12-13-29)23-22-39(6)32(35(30)41)14-15-34-38(5)19-17-31(27-8-10-28(11-9-27)36(44)45)37(3,4)33(38)18-20-40(34,39)7/h8-11,17,29-30,32-35,42-43H,1,12-16,18-25H2,2-7H3,(H,44,45)/t30-,32+,33?,34?,35?,38-,39+,40+,41-/m0/s1. The number of fused-ring (bicyclic) bond motifs is 7. The van der Waals surface area contributed by atoms with Crippen LogP contribution >= 0.6 is 0 Å². The van der Waals surface area contributed by atoms with Crippen molar-refractivity contribution in [3.05, 3.63) is 53.6 Å². The number of benzene rings is 1. The molecule has 0 heterocycles. The molecule has 5 fully saturated rings. The predicted octanol–water partition coefficient (Wildman–Crippen LogP) is 8.46. The second-order valence-corrected chi connectivity index (χ2v) is 20.4. The topological polar surface area (TPSA) is 95.5 Å². The van der Waals surface area contributed by atoms with E-state index in [4.69, 9.17) is 0 Å². The van der Waals surface area contributed by atoms with Gasteiger partial charge < -0.3 is 10.4 Å². The molecule has 1 aromatic rings. The maximum Gasteiger partial charge on any atom is 0.335 e. The van der Waals surface area contributed by atoms with Crippen molar-refractivity contribution in [3.8, 4) is 0 Å². The van der Waals surface area contributed by atoms with Crippen molar-refractivity contribution in [1.82, 2.24) is 10.0 Å². The van der Waals surface area contributed by atoms with Gasteiger partial charge in [-0.05, 0) is 152 Å². The van der Waals surface area contributed by atoms with Crippen LogP contribution < -0.4 is 10.0 Å². The van der Waals surface area contributed by atoms with Crippen LogP contribution in [0.2, 0.25) is 0 Å². The Labute approximate surface area is 290 Å². The van der Waals surface area contributed by atoms with Crippen LogP contribution in [0.25, 0.3) is 5.57 Å². The number of carboxylic acids is 1. The van der Waals surface area contributed by atoms with E-state index >= 15 is 0 Å². The molecule has 264 valence electrons. The van der Waals surface area contributed by atoms with Gasteiger partial charge in [0.25, 0.3) is 0 Å². The van der Waals surface area contributed by atoms with Gasteiger partial charge in [0.2, 0.25) is 10.0 Å². The molecule has 7 heteroatoms. The maximum absolute atomic E-state index is 12.5. The van der Waals surface area contributed by atoms with Crippen LogP contribution in [-0.2, 0) is 10.0 Å². The van der Waals surface area contributed by atoms with E-state index in [1.807, 2.05) is 12.1 Å². The largest absolute Gasteiger partial charge is 0.478 e. The Morgan fingerprint density at radius 1 is 0.875 bits per heavy atom. The van der Waals surface area contributed by atoms with Gasteiger partial charge in [0.1, 0.15) is 0 Å². The van der Waals surface area contributed by atoms with E-state index in [1.165, 1.54) is 55.2 Å². The van der Waals surface area contributed by atoms with Crippen LogP contribution in [0.4, 0.5) is 0 Å². The highest BCUT2D eigenvalue weighted by Crippen LogP contribution is 2.76. The van der Waals surface area contributed by atoms with E-state index in [1.54, 1.807) is 12.1 Å². The van der Waals surface area contributed by atoms with Gasteiger partial charge in [-0.1, -0.05) is 65.0 Å². The Balaban J connectivity index is 1.16. The van der Waals surface area contributed by atoms with Crippen molar-refractivity contribution in [3.63, 3.8) is 0 Å². The van der Waals surface area contributed by atoms with Gasteiger partial charge in [-0.25, -0.2) is 17.9 Å². The summed E-state index contributed by atoms with van der Waals surface area (Å²) in [6, 6.07) is 7.55. The summed E-state index contributed by atoms with van der Waals surface area (Å²) in [6.45, 7) is 20.8. The number of hydrogen-bond acceptors (Lipinski definition) is 4. The highest BCUT2D eigenvalue weighted by molar-refractivity contribution is 7.90. The zero-order valence-electron chi connectivity index (χ0n) is 30.3. The molecular weight excluding hydrogens is 617 g/mol. The van der Waals surface area contributed by atoms with Gasteiger partial charge in [-0.3, -0.25) is 0 Å². The fraction of sp³-hybridized carbons (Fsp3) is 0.732. The molecule has 0 spiro atoms. The average Bonchev–Trinajstić information content (AvgIpc) is 3.81. The number of rotatable bonds is 9. The highest BCUT2D eigenvalue weighted by atomic mass is 32.2. The molecule has 1 aromatic carbocycles. The highest BCUT2D eigenvalue weighted by Gasteiger charge is 2.70. The summed E-state index contributed by atoms with van der Waals surface area (Å²) in [6.07, 6.45) is 14.9. The lowest BCUT2D eigenvalue weighted by Gasteiger charge is -2.72. The number of allylic oxidation sites excluding steroid dienone is 3. The first-order valence-corrected chi connectivity index (χ1v) is 20.5. The molecule has 3 unspecified atom stereocenters. The fourth-order valence-electron chi connectivity index (χ4n) is 13.3. The monoisotopic (exact) mass is 676 g/mol. The lowest BCUT2D eigenvalue weighted by atomic mass is 9.33. The van der Waals surface area contributed by atoms with Crippen molar-refractivity contribution < 1.29 is 18.3 Å². The number of aromatic carboxylic acids is 1. The lowest BCUT2D eigenvalue weighted by molar-refractivity contribution is -0.219. The third-order valence-corrected chi connectivity index (χ3v) is 17.9. The second kappa shape index (κ2) is 11.5. The molecule has 3 N–H and O–H groups in total. The summed E-state index contributed by atoms with van der Waals surface area (Å²) >= 11 is 0. The first kappa shape index (κ1) is 34.5. The minimum absolute atomic E-state index is 0.0000149. The third-order valence-electron chi connectivity index (χ3n) is 16.0. The zero-order chi connectivity index (χ0) is 34.5. The Hall–Kier alpha value is -1.96. The van der Waals surface area contributed by atoms with E-state index in [9.17, 15) is 18.3 Å². The molecule has 0 saturated heterocycles. The van der Waals surface area contributed by atoms with E-state index in [2.05, 4.69) is 64.2 Å². The Bertz CT molecular complexity index is 1610. The first-order valence-electron chi connectivity index (χ1n) is 18.9. The minimum atomic E-state index is -3.17. The van der Waals surface area contributed by atoms with Crippen molar-refractivity contribution >= 4 is 21.6 Å². The summed E-state index contributed by atoms with van der Waals surface area (Å²) in [5.41, 5.74) is 4.98. The number of sulfonamides is 1. The van der Waals surface area contributed by atoms with Crippen LogP contribution in [0, 0.1) is 51.2 Å². The lowest BCUT2D eigenvalue weighted by Crippen LogP contribution is -2.68. The Morgan fingerprint density at radius 3 is 2.23 bits per heavy atom. The zero-order valence-corrected chi connectivity index (χ0v) is 31.1. The van der Waals surface area contributed by atoms with Gasteiger partial charge in [0.05, 0.1) is 10.8 Å². The fourth-order valence-corrected chi connectivity index (χ4v) is 14.7. The number of carbonyl (C=O) groups is 1. The summed E-state index contributed by atoms with van der Waals surface area (Å²) in [5.74, 6) is 2.03. The molecule has 6 nitrogen and oxygen atoms in total. The van der Waals surface area contributed by atoms with Crippen molar-refractivity contribution in [2.45, 2.75) is 123 Å². The minimum Gasteiger partial charge on any atom is -0.478 e. The molecule has 0 aliphatic heterocycles. The van der Waals surface area contributed by atoms with Crippen LogP contribution in [-0.4, -0.2) is 43.4 Å². The van der Waals surface area contributed by atoms with Gasteiger partial charge in [-0.15, -0.1) is 0 Å². The molecule has 48 heavy (non-hydrogen) atoms. The Kier molecular flexibility index (Phi) is 8.28. The van der Waals surface area contributed by atoms with Gasteiger partial charge in [-0.2, -0.15) is 0 Å². The van der Waals surface area contributed by atoms with Gasteiger partial charge in [0, 0.05) is 18.6 Å². The summed E-state index contributed by atoms with van der Waals surface area (Å²) in [4.78, 5) is 11.5. The quantitative estimate of drug-likeness (QED) is 0.180. The van der Waals surface area contributed by atoms with Gasteiger partial charge in [0.15, 0.2) is 0 Å². The molecule has 7 rings (SSSR count). The molecule has 0 bridgehead atoms. The molecule has 6 aliphatic carbocycles. The predicted molar refractivity (Wildman–Crippen MR) is 194 cm³/mol. The van der Waals surface area contributed by atoms with Crippen LogP contribution in [0.1, 0.15) is 128 Å². The van der Waals surface area contributed by atoms with Gasteiger partial charge >= 0.3 is 5.97 Å². The van der Waals surface area contributed by atoms with E-state index in [0.29, 0.717) is 48.2 Å². The normalized spacial score (nSPS) is 41.7. The van der Waals surface area contributed by atoms with E-state index < -0.39 is 16.0 Å². The van der Waals surface area contributed by atoms with E-state index in [0.717, 1.165) is 32.1 Å². The van der Waals surface area contributed by atoms with Crippen molar-refractivity contribution in [2.24, 2.45) is 51.2 Å². The third kappa shape index (κ3) is 5.05. The first-order chi connectivity index (χ1) is 22.5. The molecule has 9 atom stereocenters. The Morgan fingerprint density at radius 2 is 1.58 bits per heavy atom. The number of nitrogens with one attached hydrogen (secondary N) is 2. The number of hydrogen-bond donors (Lipinski definition) is 3. The van der Waals surface area contributed by atoms with Crippen LogP contribution in [0.15, 0.2) is 42.5 Å². The van der Waals surface area contributed by atoms with Crippen LogP contribution in [0.5, 0.6) is 0 Å². The molecule has 0 amide bonds.